The molecule has 0 atom stereocenters. The molecule has 0 radical (unpaired) electrons. The number of rotatable bonds is 2. The van der Waals surface area contributed by atoms with Crippen molar-refractivity contribution in [2.45, 2.75) is 0 Å². The van der Waals surface area contributed by atoms with Crippen LogP contribution in [0.15, 0.2) is 24.3 Å². The Morgan fingerprint density at radius 3 is 2.76 bits per heavy atom. The van der Waals surface area contributed by atoms with Crippen LogP contribution in [0.25, 0.3) is 10.9 Å². The van der Waals surface area contributed by atoms with Gasteiger partial charge < -0.3 is 4.74 Å². The number of anilines is 1. The van der Waals surface area contributed by atoms with E-state index in [1.165, 1.54) is 5.01 Å². The maximum Gasteiger partial charge on any atom is 0.160 e. The highest BCUT2D eigenvalue weighted by Crippen LogP contribution is 2.24. The van der Waals surface area contributed by atoms with Crippen LogP contribution in [0.5, 0.6) is 5.75 Å². The number of pyridine rings is 1. The van der Waals surface area contributed by atoms with Crippen molar-refractivity contribution >= 4 is 16.7 Å². The van der Waals surface area contributed by atoms with Crippen LogP contribution < -0.4 is 15.6 Å². The number of hydrogen-bond donors (Lipinski definition) is 1. The van der Waals surface area contributed by atoms with E-state index in [1.54, 1.807) is 20.2 Å². The number of aromatic nitrogens is 1. The second kappa shape index (κ2) is 4.28. The summed E-state index contributed by atoms with van der Waals surface area (Å²) in [5.74, 6) is 6.83. The SMILES string of the molecule is COc1ccc2nc(N(C)N)c(C#N)cc2c1. The summed E-state index contributed by atoms with van der Waals surface area (Å²) >= 11 is 0. The number of nitrogens with zero attached hydrogens (tertiary/aromatic N) is 3. The summed E-state index contributed by atoms with van der Waals surface area (Å²) in [6.07, 6.45) is 0. The molecule has 86 valence electrons. The molecular weight excluding hydrogens is 216 g/mol. The summed E-state index contributed by atoms with van der Waals surface area (Å²) < 4.78 is 5.13. The van der Waals surface area contributed by atoms with Gasteiger partial charge in [-0.2, -0.15) is 5.26 Å². The fraction of sp³-hybridized carbons (Fsp3) is 0.167. The van der Waals surface area contributed by atoms with Crippen LogP contribution in [-0.2, 0) is 0 Å². The van der Waals surface area contributed by atoms with Gasteiger partial charge in [0, 0.05) is 12.4 Å². The van der Waals surface area contributed by atoms with E-state index in [9.17, 15) is 0 Å². The Balaban J connectivity index is 2.70. The van der Waals surface area contributed by atoms with Crippen LogP contribution >= 0.6 is 0 Å². The molecule has 17 heavy (non-hydrogen) atoms. The van der Waals surface area contributed by atoms with E-state index in [1.807, 2.05) is 18.2 Å². The highest BCUT2D eigenvalue weighted by molar-refractivity contribution is 5.84. The molecule has 2 aromatic rings. The highest BCUT2D eigenvalue weighted by Gasteiger charge is 2.09. The maximum atomic E-state index is 9.05. The first-order valence-electron chi connectivity index (χ1n) is 5.03. The number of hydrogen-bond acceptors (Lipinski definition) is 5. The van der Waals surface area contributed by atoms with E-state index in [2.05, 4.69) is 11.1 Å². The second-order valence-electron chi connectivity index (χ2n) is 3.64. The van der Waals surface area contributed by atoms with Crippen molar-refractivity contribution in [2.24, 2.45) is 5.84 Å². The Labute approximate surface area is 99.0 Å². The molecule has 0 saturated heterocycles. The molecule has 0 fully saturated rings. The van der Waals surface area contributed by atoms with Gasteiger partial charge in [-0.15, -0.1) is 0 Å². The van der Waals surface area contributed by atoms with Crippen LogP contribution in [0, 0.1) is 11.3 Å². The van der Waals surface area contributed by atoms with Gasteiger partial charge in [0.1, 0.15) is 11.8 Å². The minimum Gasteiger partial charge on any atom is -0.497 e. The fourth-order valence-electron chi connectivity index (χ4n) is 1.62. The number of benzene rings is 1. The van der Waals surface area contributed by atoms with Crippen molar-refractivity contribution in [3.05, 3.63) is 29.8 Å². The van der Waals surface area contributed by atoms with Gasteiger partial charge in [0.05, 0.1) is 18.2 Å². The molecule has 5 nitrogen and oxygen atoms in total. The number of fused-ring (bicyclic) bond motifs is 1. The number of methoxy groups -OCH3 is 1. The lowest BCUT2D eigenvalue weighted by atomic mass is 10.1. The Morgan fingerprint density at radius 1 is 1.41 bits per heavy atom. The van der Waals surface area contributed by atoms with Gasteiger partial charge in [0.2, 0.25) is 0 Å². The molecule has 0 aliphatic rings. The Bertz CT molecular complexity index is 601. The monoisotopic (exact) mass is 228 g/mol. The number of nitriles is 1. The Morgan fingerprint density at radius 2 is 2.18 bits per heavy atom. The average Bonchev–Trinajstić information content (AvgIpc) is 2.36. The van der Waals surface area contributed by atoms with Gasteiger partial charge in [-0.05, 0) is 24.3 Å². The first-order valence-corrected chi connectivity index (χ1v) is 5.03. The number of hydrazine groups is 1. The van der Waals surface area contributed by atoms with E-state index in [-0.39, 0.29) is 0 Å². The van der Waals surface area contributed by atoms with Gasteiger partial charge in [0.15, 0.2) is 5.82 Å². The van der Waals surface area contributed by atoms with Gasteiger partial charge >= 0.3 is 0 Å². The summed E-state index contributed by atoms with van der Waals surface area (Å²) in [5, 5.41) is 11.2. The van der Waals surface area contributed by atoms with Crippen molar-refractivity contribution < 1.29 is 4.74 Å². The van der Waals surface area contributed by atoms with Crippen LogP contribution in [0.3, 0.4) is 0 Å². The zero-order valence-corrected chi connectivity index (χ0v) is 9.64. The largest absolute Gasteiger partial charge is 0.497 e. The minimum atomic E-state index is 0.441. The van der Waals surface area contributed by atoms with Gasteiger partial charge in [-0.3, -0.25) is 5.01 Å². The van der Waals surface area contributed by atoms with Crippen molar-refractivity contribution in [3.8, 4) is 11.8 Å². The smallest absolute Gasteiger partial charge is 0.160 e. The summed E-state index contributed by atoms with van der Waals surface area (Å²) in [6, 6.07) is 9.33. The molecule has 1 aromatic carbocycles. The van der Waals surface area contributed by atoms with E-state index in [0.29, 0.717) is 11.4 Å². The zero-order valence-electron chi connectivity index (χ0n) is 9.64. The normalized spacial score (nSPS) is 10.0. The summed E-state index contributed by atoms with van der Waals surface area (Å²) in [7, 11) is 3.25. The van der Waals surface area contributed by atoms with Crippen molar-refractivity contribution in [3.63, 3.8) is 0 Å². The lowest BCUT2D eigenvalue weighted by molar-refractivity contribution is 0.415. The Hall–Kier alpha value is -2.32. The summed E-state index contributed by atoms with van der Waals surface area (Å²) in [5.41, 5.74) is 1.22. The van der Waals surface area contributed by atoms with Crippen LogP contribution in [-0.4, -0.2) is 19.1 Å². The van der Waals surface area contributed by atoms with E-state index in [0.717, 1.165) is 16.7 Å². The van der Waals surface area contributed by atoms with Crippen molar-refractivity contribution in [1.82, 2.24) is 4.98 Å². The van der Waals surface area contributed by atoms with Crippen LogP contribution in [0.2, 0.25) is 0 Å². The van der Waals surface area contributed by atoms with Crippen LogP contribution in [0.1, 0.15) is 5.56 Å². The third kappa shape index (κ3) is 1.98. The highest BCUT2D eigenvalue weighted by atomic mass is 16.5. The second-order valence-corrected chi connectivity index (χ2v) is 3.64. The molecule has 0 spiro atoms. The molecular formula is C12H12N4O. The average molecular weight is 228 g/mol. The first-order chi connectivity index (χ1) is 8.15. The molecule has 0 aliphatic heterocycles. The third-order valence-electron chi connectivity index (χ3n) is 2.46. The molecule has 0 saturated carbocycles. The Kier molecular flexibility index (Phi) is 2.81. The lowest BCUT2D eigenvalue weighted by Crippen LogP contribution is -2.27. The van der Waals surface area contributed by atoms with E-state index < -0.39 is 0 Å². The number of nitrogens with two attached hydrogens (primary N) is 1. The molecule has 5 heteroatoms. The fourth-order valence-corrected chi connectivity index (χ4v) is 1.62. The molecule has 1 aromatic heterocycles. The van der Waals surface area contributed by atoms with Gasteiger partial charge in [-0.25, -0.2) is 10.8 Å². The zero-order chi connectivity index (χ0) is 12.4. The quantitative estimate of drug-likeness (QED) is 0.621. The standard InChI is InChI=1S/C12H12N4O/c1-16(14)12-9(7-13)5-8-6-10(17-2)3-4-11(8)15-12/h3-6H,14H2,1-2H3. The predicted octanol–water partition coefficient (Wildman–Crippen LogP) is 1.42. The first kappa shape index (κ1) is 11.2. The van der Waals surface area contributed by atoms with Crippen molar-refractivity contribution in [2.75, 3.05) is 19.2 Å². The van der Waals surface area contributed by atoms with Gasteiger partial charge in [-0.1, -0.05) is 0 Å². The van der Waals surface area contributed by atoms with Crippen LogP contribution in [0.4, 0.5) is 5.82 Å². The third-order valence-corrected chi connectivity index (χ3v) is 2.46. The summed E-state index contributed by atoms with van der Waals surface area (Å²) in [4.78, 5) is 4.34. The minimum absolute atomic E-state index is 0.441. The molecule has 2 rings (SSSR count). The van der Waals surface area contributed by atoms with Crippen molar-refractivity contribution in [1.29, 1.82) is 5.26 Å². The van der Waals surface area contributed by atoms with Gasteiger partial charge in [0.25, 0.3) is 0 Å². The molecule has 0 aliphatic carbocycles. The lowest BCUT2D eigenvalue weighted by Gasteiger charge is -2.13. The predicted molar refractivity (Wildman–Crippen MR) is 65.6 cm³/mol. The molecule has 2 N–H and O–H groups in total. The molecule has 0 amide bonds. The summed E-state index contributed by atoms with van der Waals surface area (Å²) in [6.45, 7) is 0. The van der Waals surface area contributed by atoms with E-state index >= 15 is 0 Å². The maximum absolute atomic E-state index is 9.05. The van der Waals surface area contributed by atoms with E-state index in [4.69, 9.17) is 15.8 Å². The number of ether oxygens (including phenoxy) is 1. The molecule has 0 unspecified atom stereocenters. The topological polar surface area (TPSA) is 75.2 Å². The molecule has 1 heterocycles. The molecule has 0 bridgehead atoms.